The van der Waals surface area contributed by atoms with Gasteiger partial charge in [-0.3, -0.25) is 0 Å². The van der Waals surface area contributed by atoms with Crippen molar-refractivity contribution >= 4 is 0 Å². The predicted octanol–water partition coefficient (Wildman–Crippen LogP) is 4.77. The zero-order chi connectivity index (χ0) is 10.9. The molecule has 83 valence electrons. The SMILES string of the molecule is CCCC[CH]c1ccccc1CCCC. The molecule has 0 saturated carbocycles. The molecule has 0 nitrogen and oxygen atoms in total. The van der Waals surface area contributed by atoms with Crippen molar-refractivity contribution in [3.63, 3.8) is 0 Å². The molecule has 1 rings (SSSR count). The van der Waals surface area contributed by atoms with Crippen LogP contribution in [0.25, 0.3) is 0 Å². The molecular weight excluding hydrogens is 180 g/mol. The second-order valence-corrected chi connectivity index (χ2v) is 4.15. The quantitative estimate of drug-likeness (QED) is 0.560. The van der Waals surface area contributed by atoms with E-state index >= 15 is 0 Å². The fourth-order valence-electron chi connectivity index (χ4n) is 1.79. The monoisotopic (exact) mass is 203 g/mol. The van der Waals surface area contributed by atoms with E-state index in [0.717, 1.165) is 0 Å². The molecule has 1 aromatic rings. The van der Waals surface area contributed by atoms with Crippen LogP contribution in [0, 0.1) is 6.42 Å². The second kappa shape index (κ2) is 7.50. The van der Waals surface area contributed by atoms with Crippen molar-refractivity contribution in [3.05, 3.63) is 41.8 Å². The van der Waals surface area contributed by atoms with Crippen molar-refractivity contribution in [3.8, 4) is 0 Å². The highest BCUT2D eigenvalue weighted by molar-refractivity contribution is 5.32. The van der Waals surface area contributed by atoms with E-state index < -0.39 is 0 Å². The molecule has 15 heavy (non-hydrogen) atoms. The predicted molar refractivity (Wildman–Crippen MR) is 68.0 cm³/mol. The summed E-state index contributed by atoms with van der Waals surface area (Å²) < 4.78 is 0. The lowest BCUT2D eigenvalue weighted by Crippen LogP contribution is -1.92. The van der Waals surface area contributed by atoms with Gasteiger partial charge in [-0.05, 0) is 36.8 Å². The van der Waals surface area contributed by atoms with E-state index in [1.54, 1.807) is 0 Å². The van der Waals surface area contributed by atoms with Gasteiger partial charge in [0.15, 0.2) is 0 Å². The Morgan fingerprint density at radius 1 is 1.00 bits per heavy atom. The highest BCUT2D eigenvalue weighted by Gasteiger charge is 2.00. The Morgan fingerprint density at radius 3 is 2.47 bits per heavy atom. The van der Waals surface area contributed by atoms with E-state index in [1.165, 1.54) is 49.7 Å². The fraction of sp³-hybridized carbons (Fsp3) is 0.533. The third-order valence-electron chi connectivity index (χ3n) is 2.78. The Morgan fingerprint density at radius 2 is 1.73 bits per heavy atom. The third kappa shape index (κ3) is 4.51. The topological polar surface area (TPSA) is 0 Å². The van der Waals surface area contributed by atoms with Crippen LogP contribution in [0.3, 0.4) is 0 Å². The normalized spacial score (nSPS) is 10.5. The van der Waals surface area contributed by atoms with Crippen LogP contribution in [0.1, 0.15) is 57.1 Å². The van der Waals surface area contributed by atoms with E-state index in [4.69, 9.17) is 0 Å². The Balaban J connectivity index is 2.52. The molecule has 0 saturated heterocycles. The van der Waals surface area contributed by atoms with Gasteiger partial charge in [0.1, 0.15) is 0 Å². The van der Waals surface area contributed by atoms with Crippen molar-refractivity contribution in [1.29, 1.82) is 0 Å². The number of aryl methyl sites for hydroxylation is 1. The number of rotatable bonds is 7. The van der Waals surface area contributed by atoms with Crippen LogP contribution in [0.15, 0.2) is 24.3 Å². The van der Waals surface area contributed by atoms with E-state index in [9.17, 15) is 0 Å². The molecule has 0 bridgehead atoms. The van der Waals surface area contributed by atoms with Gasteiger partial charge in [0.25, 0.3) is 0 Å². The Bertz CT molecular complexity index is 262. The van der Waals surface area contributed by atoms with Crippen LogP contribution < -0.4 is 0 Å². The average molecular weight is 203 g/mol. The Hall–Kier alpha value is -0.780. The van der Waals surface area contributed by atoms with Gasteiger partial charge in [-0.15, -0.1) is 0 Å². The molecule has 0 aliphatic carbocycles. The molecule has 0 fully saturated rings. The summed E-state index contributed by atoms with van der Waals surface area (Å²) in [5.41, 5.74) is 2.98. The van der Waals surface area contributed by atoms with Crippen molar-refractivity contribution in [1.82, 2.24) is 0 Å². The molecule has 0 heteroatoms. The smallest absolute Gasteiger partial charge is 0.00903 e. The lowest BCUT2D eigenvalue weighted by Gasteiger charge is -2.08. The largest absolute Gasteiger partial charge is 0.0654 e. The number of hydrogen-bond acceptors (Lipinski definition) is 0. The highest BCUT2D eigenvalue weighted by Crippen LogP contribution is 2.16. The summed E-state index contributed by atoms with van der Waals surface area (Å²) in [5, 5.41) is 0. The van der Waals surface area contributed by atoms with E-state index in [0.29, 0.717) is 0 Å². The Kier molecular flexibility index (Phi) is 6.15. The minimum Gasteiger partial charge on any atom is -0.0654 e. The second-order valence-electron chi connectivity index (χ2n) is 4.15. The molecular formula is C15H23. The standard InChI is InChI=1S/C15H23/c1-3-5-7-11-15-13-9-8-12-14(15)10-6-4-2/h8-9,11-13H,3-7,10H2,1-2H3. The van der Waals surface area contributed by atoms with Gasteiger partial charge in [0.05, 0.1) is 0 Å². The lowest BCUT2D eigenvalue weighted by atomic mass is 9.98. The van der Waals surface area contributed by atoms with E-state index in [1.807, 2.05) is 0 Å². The first kappa shape index (κ1) is 12.3. The number of hydrogen-bond donors (Lipinski definition) is 0. The molecule has 1 aromatic carbocycles. The minimum atomic E-state index is 1.22. The van der Waals surface area contributed by atoms with Crippen molar-refractivity contribution < 1.29 is 0 Å². The molecule has 0 N–H and O–H groups in total. The van der Waals surface area contributed by atoms with Crippen LogP contribution in [0.2, 0.25) is 0 Å². The summed E-state index contributed by atoms with van der Waals surface area (Å²) >= 11 is 0. The average Bonchev–Trinajstić information content (AvgIpc) is 2.28. The first-order valence-electron chi connectivity index (χ1n) is 6.29. The van der Waals surface area contributed by atoms with Crippen LogP contribution >= 0.6 is 0 Å². The zero-order valence-corrected chi connectivity index (χ0v) is 10.1. The number of unbranched alkanes of at least 4 members (excludes halogenated alkanes) is 3. The van der Waals surface area contributed by atoms with Gasteiger partial charge in [0.2, 0.25) is 0 Å². The third-order valence-corrected chi connectivity index (χ3v) is 2.78. The van der Waals surface area contributed by atoms with Crippen LogP contribution in [0.5, 0.6) is 0 Å². The molecule has 0 unspecified atom stereocenters. The van der Waals surface area contributed by atoms with Crippen LogP contribution in [0.4, 0.5) is 0 Å². The van der Waals surface area contributed by atoms with Crippen LogP contribution in [-0.4, -0.2) is 0 Å². The van der Waals surface area contributed by atoms with Gasteiger partial charge in [-0.25, -0.2) is 0 Å². The van der Waals surface area contributed by atoms with E-state index in [2.05, 4.69) is 44.5 Å². The molecule has 0 spiro atoms. The van der Waals surface area contributed by atoms with Crippen LogP contribution in [-0.2, 0) is 6.42 Å². The van der Waals surface area contributed by atoms with Crippen molar-refractivity contribution in [2.24, 2.45) is 0 Å². The van der Waals surface area contributed by atoms with Gasteiger partial charge >= 0.3 is 0 Å². The van der Waals surface area contributed by atoms with Gasteiger partial charge < -0.3 is 0 Å². The molecule has 0 aliphatic rings. The fourth-order valence-corrected chi connectivity index (χ4v) is 1.79. The number of benzene rings is 1. The highest BCUT2D eigenvalue weighted by atomic mass is 14.1. The maximum absolute atomic E-state index is 2.40. The van der Waals surface area contributed by atoms with Gasteiger partial charge in [-0.1, -0.05) is 57.4 Å². The zero-order valence-electron chi connectivity index (χ0n) is 10.1. The molecule has 0 amide bonds. The van der Waals surface area contributed by atoms with Gasteiger partial charge in [-0.2, -0.15) is 0 Å². The van der Waals surface area contributed by atoms with Crippen molar-refractivity contribution in [2.75, 3.05) is 0 Å². The summed E-state index contributed by atoms with van der Waals surface area (Å²) in [5.74, 6) is 0. The summed E-state index contributed by atoms with van der Waals surface area (Å²) in [4.78, 5) is 0. The summed E-state index contributed by atoms with van der Waals surface area (Å²) in [6.45, 7) is 4.50. The summed E-state index contributed by atoms with van der Waals surface area (Å²) in [6, 6.07) is 8.82. The van der Waals surface area contributed by atoms with Crippen molar-refractivity contribution in [2.45, 2.75) is 52.4 Å². The molecule has 0 heterocycles. The van der Waals surface area contributed by atoms with E-state index in [-0.39, 0.29) is 0 Å². The Labute approximate surface area is 94.7 Å². The van der Waals surface area contributed by atoms with Gasteiger partial charge in [0, 0.05) is 0 Å². The summed E-state index contributed by atoms with van der Waals surface area (Å²) in [7, 11) is 0. The molecule has 0 aromatic heterocycles. The maximum Gasteiger partial charge on any atom is -0.00903 e. The minimum absolute atomic E-state index is 1.22. The molecule has 0 atom stereocenters. The first-order chi connectivity index (χ1) is 7.38. The maximum atomic E-state index is 2.40. The lowest BCUT2D eigenvalue weighted by molar-refractivity contribution is 0.773. The molecule has 1 radical (unpaired) electrons. The first-order valence-corrected chi connectivity index (χ1v) is 6.29. The summed E-state index contributed by atoms with van der Waals surface area (Å²) in [6.07, 6.45) is 10.0. The molecule has 0 aliphatic heterocycles.